The Morgan fingerprint density at radius 1 is 0.909 bits per heavy atom. The zero-order valence-electron chi connectivity index (χ0n) is 18.4. The van der Waals surface area contributed by atoms with E-state index in [0.29, 0.717) is 11.1 Å². The number of aryl methyl sites for hydroxylation is 2. The maximum atomic E-state index is 13.1. The maximum Gasteiger partial charge on any atom is 0.257 e. The second-order valence-electron chi connectivity index (χ2n) is 8.16. The minimum atomic E-state index is -3.69. The molecule has 7 heteroatoms. The number of carbonyl (C=O) groups is 1. The third-order valence-corrected chi connectivity index (χ3v) is 7.08. The predicted molar refractivity (Wildman–Crippen MR) is 129 cm³/mol. The van der Waals surface area contributed by atoms with E-state index in [2.05, 4.69) is 10.3 Å². The van der Waals surface area contributed by atoms with Crippen molar-refractivity contribution in [2.75, 3.05) is 0 Å². The summed E-state index contributed by atoms with van der Waals surface area (Å²) in [7, 11) is -3.69. The summed E-state index contributed by atoms with van der Waals surface area (Å²) < 4.78 is 26.1. The molecule has 0 unspecified atom stereocenters. The van der Waals surface area contributed by atoms with Crippen molar-refractivity contribution in [2.24, 2.45) is 0 Å². The molecular formula is C26H24N2O4S. The standard InChI is InChI=1S/C26H24N2O4S/c1-17-10-18(2)12-20(11-17)16-33(31,32)21-8-9-24-22(13-21)25(29)23(15-27-24)26(30)28-14-19-6-4-3-5-7-19/h3-13,15H,14,16H2,1-2H3,(H,27,29)(H,28,30). The quantitative estimate of drug-likeness (QED) is 0.454. The van der Waals surface area contributed by atoms with Crippen LogP contribution in [0.1, 0.15) is 32.6 Å². The van der Waals surface area contributed by atoms with Crippen molar-refractivity contribution in [1.29, 1.82) is 0 Å². The number of hydrogen-bond acceptors (Lipinski definition) is 4. The molecule has 0 bridgehead atoms. The van der Waals surface area contributed by atoms with Crippen LogP contribution in [0.15, 0.2) is 82.6 Å². The molecule has 0 spiro atoms. The minimum Gasteiger partial charge on any atom is -0.360 e. The Morgan fingerprint density at radius 2 is 1.61 bits per heavy atom. The summed E-state index contributed by atoms with van der Waals surface area (Å²) in [6, 6.07) is 19.4. The van der Waals surface area contributed by atoms with Crippen molar-refractivity contribution in [1.82, 2.24) is 10.3 Å². The van der Waals surface area contributed by atoms with Gasteiger partial charge in [-0.3, -0.25) is 9.59 Å². The molecule has 0 aliphatic carbocycles. The second kappa shape index (κ2) is 9.03. The Labute approximate surface area is 192 Å². The SMILES string of the molecule is Cc1cc(C)cc(CS(=O)(=O)c2ccc3[nH]cc(C(=O)NCc4ccccc4)c(=O)c3c2)c1. The molecule has 0 fully saturated rings. The van der Waals surface area contributed by atoms with Gasteiger partial charge in [0.05, 0.1) is 10.6 Å². The van der Waals surface area contributed by atoms with Crippen molar-refractivity contribution >= 4 is 26.6 Å². The zero-order valence-corrected chi connectivity index (χ0v) is 19.2. The largest absolute Gasteiger partial charge is 0.360 e. The summed E-state index contributed by atoms with van der Waals surface area (Å²) in [6.45, 7) is 4.12. The molecular weight excluding hydrogens is 436 g/mol. The van der Waals surface area contributed by atoms with Gasteiger partial charge in [0.2, 0.25) is 5.43 Å². The highest BCUT2D eigenvalue weighted by Crippen LogP contribution is 2.21. The predicted octanol–water partition coefficient (Wildman–Crippen LogP) is 4.05. The summed E-state index contributed by atoms with van der Waals surface area (Å²) in [4.78, 5) is 28.6. The lowest BCUT2D eigenvalue weighted by molar-refractivity contribution is 0.0949. The second-order valence-corrected chi connectivity index (χ2v) is 10.2. The van der Waals surface area contributed by atoms with Crippen LogP contribution in [-0.4, -0.2) is 19.3 Å². The number of hydrogen-bond donors (Lipinski definition) is 2. The molecule has 2 N–H and O–H groups in total. The number of sulfone groups is 1. The molecule has 1 aromatic heterocycles. The highest BCUT2D eigenvalue weighted by molar-refractivity contribution is 7.90. The van der Waals surface area contributed by atoms with Gasteiger partial charge in [-0.1, -0.05) is 59.7 Å². The van der Waals surface area contributed by atoms with Crippen LogP contribution in [0.2, 0.25) is 0 Å². The van der Waals surface area contributed by atoms with Crippen molar-refractivity contribution in [3.05, 3.63) is 111 Å². The number of aromatic amines is 1. The first kappa shape index (κ1) is 22.5. The number of pyridine rings is 1. The topological polar surface area (TPSA) is 96.1 Å². The molecule has 3 aromatic carbocycles. The molecule has 0 saturated carbocycles. The summed E-state index contributed by atoms with van der Waals surface area (Å²) in [5.41, 5.74) is 3.45. The highest BCUT2D eigenvalue weighted by Gasteiger charge is 2.19. The Balaban J connectivity index is 1.64. The molecule has 6 nitrogen and oxygen atoms in total. The van der Waals surface area contributed by atoms with Crippen molar-refractivity contribution in [2.45, 2.75) is 31.0 Å². The highest BCUT2D eigenvalue weighted by atomic mass is 32.2. The molecule has 1 amide bonds. The lowest BCUT2D eigenvalue weighted by Gasteiger charge is -2.09. The number of benzene rings is 3. The van der Waals surface area contributed by atoms with Crippen molar-refractivity contribution in [3.63, 3.8) is 0 Å². The van der Waals surface area contributed by atoms with E-state index in [1.54, 1.807) is 6.07 Å². The summed E-state index contributed by atoms with van der Waals surface area (Å²) in [5.74, 6) is -0.693. The fourth-order valence-electron chi connectivity index (χ4n) is 3.89. The molecule has 0 saturated heterocycles. The van der Waals surface area contributed by atoms with Crippen LogP contribution >= 0.6 is 0 Å². The molecule has 1 heterocycles. The Morgan fingerprint density at radius 3 is 2.30 bits per heavy atom. The molecule has 0 atom stereocenters. The fraction of sp³-hybridized carbons (Fsp3) is 0.154. The molecule has 4 rings (SSSR count). The first-order valence-corrected chi connectivity index (χ1v) is 12.2. The van der Waals surface area contributed by atoms with E-state index >= 15 is 0 Å². The van der Waals surface area contributed by atoms with Gasteiger partial charge in [0.1, 0.15) is 5.56 Å². The molecule has 4 aromatic rings. The molecule has 0 aliphatic heterocycles. The van der Waals surface area contributed by atoms with E-state index < -0.39 is 21.2 Å². The number of nitrogens with one attached hydrogen (secondary N) is 2. The third-order valence-electron chi connectivity index (χ3n) is 5.39. The zero-order chi connectivity index (χ0) is 23.6. The molecule has 0 radical (unpaired) electrons. The van der Waals surface area contributed by atoms with E-state index in [1.165, 1.54) is 18.3 Å². The van der Waals surface area contributed by atoms with E-state index in [-0.39, 0.29) is 28.1 Å². The Kier molecular flexibility index (Phi) is 6.16. The average Bonchev–Trinajstić information content (AvgIpc) is 2.77. The van der Waals surface area contributed by atoms with Gasteiger partial charge in [-0.25, -0.2) is 8.42 Å². The first-order valence-electron chi connectivity index (χ1n) is 10.5. The number of rotatable bonds is 6. The van der Waals surface area contributed by atoms with Gasteiger partial charge in [-0.05, 0) is 43.2 Å². The normalized spacial score (nSPS) is 11.5. The van der Waals surface area contributed by atoms with Gasteiger partial charge >= 0.3 is 0 Å². The number of H-pyrrole nitrogens is 1. The fourth-order valence-corrected chi connectivity index (χ4v) is 5.23. The van der Waals surface area contributed by atoms with E-state index in [9.17, 15) is 18.0 Å². The summed E-state index contributed by atoms with van der Waals surface area (Å²) >= 11 is 0. The van der Waals surface area contributed by atoms with Crippen molar-refractivity contribution < 1.29 is 13.2 Å². The first-order chi connectivity index (χ1) is 15.7. The van der Waals surface area contributed by atoms with Gasteiger partial charge < -0.3 is 10.3 Å². The lowest BCUT2D eigenvalue weighted by Crippen LogP contribution is -2.28. The van der Waals surface area contributed by atoms with Gasteiger partial charge in [-0.2, -0.15) is 0 Å². The van der Waals surface area contributed by atoms with Gasteiger partial charge in [0.15, 0.2) is 9.84 Å². The van der Waals surface area contributed by atoms with Crippen LogP contribution in [0.5, 0.6) is 0 Å². The monoisotopic (exact) mass is 460 g/mol. The van der Waals surface area contributed by atoms with Crippen LogP contribution in [0, 0.1) is 13.8 Å². The lowest BCUT2D eigenvalue weighted by atomic mass is 10.1. The van der Waals surface area contributed by atoms with Crippen LogP contribution in [0.25, 0.3) is 10.9 Å². The van der Waals surface area contributed by atoms with E-state index in [1.807, 2.05) is 62.4 Å². The number of carbonyl (C=O) groups excluding carboxylic acids is 1. The van der Waals surface area contributed by atoms with Crippen LogP contribution < -0.4 is 10.7 Å². The third kappa shape index (κ3) is 5.04. The Bertz CT molecular complexity index is 1490. The van der Waals surface area contributed by atoms with Gasteiger partial charge in [0, 0.05) is 23.6 Å². The average molecular weight is 461 g/mol. The van der Waals surface area contributed by atoms with E-state index in [4.69, 9.17) is 0 Å². The maximum absolute atomic E-state index is 13.1. The van der Waals surface area contributed by atoms with Gasteiger partial charge in [-0.15, -0.1) is 0 Å². The summed E-state index contributed by atoms with van der Waals surface area (Å²) in [6.07, 6.45) is 1.36. The molecule has 33 heavy (non-hydrogen) atoms. The number of fused-ring (bicyclic) bond motifs is 1. The van der Waals surface area contributed by atoms with Crippen LogP contribution in [0.4, 0.5) is 0 Å². The van der Waals surface area contributed by atoms with Crippen LogP contribution in [-0.2, 0) is 22.1 Å². The number of amides is 1. The Hall–Kier alpha value is -3.71. The van der Waals surface area contributed by atoms with Crippen LogP contribution in [0.3, 0.4) is 0 Å². The van der Waals surface area contributed by atoms with E-state index in [0.717, 1.165) is 16.7 Å². The molecule has 168 valence electrons. The van der Waals surface area contributed by atoms with Gasteiger partial charge in [0.25, 0.3) is 5.91 Å². The molecule has 0 aliphatic rings. The summed E-state index contributed by atoms with van der Waals surface area (Å²) in [5, 5.41) is 2.89. The van der Waals surface area contributed by atoms with Crippen molar-refractivity contribution in [3.8, 4) is 0 Å². The smallest absolute Gasteiger partial charge is 0.257 e. The minimum absolute atomic E-state index is 0.0431. The number of aromatic nitrogens is 1.